The highest BCUT2D eigenvalue weighted by molar-refractivity contribution is 6.00. The van der Waals surface area contributed by atoms with Gasteiger partial charge in [-0.3, -0.25) is 43.3 Å². The molecule has 0 aromatic heterocycles. The molecule has 8 amide bonds. The number of carbonyl (C=O) groups excluding carboxylic acids is 9. The first-order valence-electron chi connectivity index (χ1n) is 27.0. The second-order valence-electron chi connectivity index (χ2n) is 20.2. The number of cyclic esters (lactones) is 1. The molecule has 4 fully saturated rings. The lowest BCUT2D eigenvalue weighted by Crippen LogP contribution is -2.64. The fourth-order valence-corrected chi connectivity index (χ4v) is 10.1. The summed E-state index contributed by atoms with van der Waals surface area (Å²) in [6.07, 6.45) is -1.30. The van der Waals surface area contributed by atoms with E-state index in [9.17, 15) is 88.5 Å². The lowest BCUT2D eigenvalue weighted by Gasteiger charge is -2.32. The molecule has 0 spiro atoms. The van der Waals surface area contributed by atoms with Gasteiger partial charge in [-0.25, -0.2) is 14.4 Å². The van der Waals surface area contributed by atoms with Crippen molar-refractivity contribution in [2.45, 2.75) is 195 Å². The quantitative estimate of drug-likeness (QED) is 0.0234. The Bertz CT molecular complexity index is 2200. The Kier molecular flexibility index (Phi) is 26.0. The SMILES string of the molecule is CCCCCCCCCCCC1CC(=O)N2CCC[C@H]2C(=O)N[C@@H](CO)C(=O)N2CCC[C@H]2C(=O)N[C@@H](CCCN=C(N)N)C(=O)N[C@@H](C(O)C(=O)O)C(=O)N[C@@H](CO)C(=O)N2CC[C@H](O)[C@H]2C(=O)N[C@@H](C(O)C(=O)O)C(=O)O1. The molecule has 4 saturated heterocycles. The van der Waals surface area contributed by atoms with Crippen molar-refractivity contribution >= 4 is 71.1 Å². The van der Waals surface area contributed by atoms with Crippen molar-refractivity contribution in [3.05, 3.63) is 0 Å². The third-order valence-electron chi connectivity index (χ3n) is 14.4. The predicted octanol–water partition coefficient (Wildman–Crippen LogP) is -5.48. The maximum absolute atomic E-state index is 14.2. The normalized spacial score (nSPS) is 28.1. The zero-order valence-corrected chi connectivity index (χ0v) is 44.4. The average molecular weight is 1130 g/mol. The summed E-state index contributed by atoms with van der Waals surface area (Å²) in [5.41, 5.74) is 10.9. The molecule has 0 aromatic carbocycles. The minimum absolute atomic E-state index is 0.00755. The van der Waals surface area contributed by atoms with Crippen molar-refractivity contribution in [3.63, 3.8) is 0 Å². The highest BCUT2D eigenvalue weighted by atomic mass is 16.5. The third kappa shape index (κ3) is 18.4. The smallest absolute Gasteiger partial charge is 0.335 e. The number of guanidine groups is 1. The van der Waals surface area contributed by atoms with Crippen LogP contribution in [-0.2, 0) is 57.5 Å². The summed E-state index contributed by atoms with van der Waals surface area (Å²) in [4.78, 5) is 157. The number of carbonyl (C=O) groups is 11. The van der Waals surface area contributed by atoms with E-state index in [0.29, 0.717) is 24.2 Å². The van der Waals surface area contributed by atoms with Crippen LogP contribution in [0.25, 0.3) is 0 Å². The number of esters is 1. The first-order chi connectivity index (χ1) is 37.6. The van der Waals surface area contributed by atoms with Crippen molar-refractivity contribution in [3.8, 4) is 0 Å². The zero-order valence-electron chi connectivity index (χ0n) is 44.4. The van der Waals surface area contributed by atoms with Crippen molar-refractivity contribution in [2.75, 3.05) is 39.4 Å². The minimum Gasteiger partial charge on any atom is -0.479 e. The largest absolute Gasteiger partial charge is 0.479 e. The highest BCUT2D eigenvalue weighted by Gasteiger charge is 2.48. The summed E-state index contributed by atoms with van der Waals surface area (Å²) >= 11 is 0. The van der Waals surface area contributed by atoms with E-state index >= 15 is 0 Å². The molecule has 444 valence electrons. The number of carboxylic acid groups (broad SMARTS) is 2. The second kappa shape index (κ2) is 31.7. The topological polar surface area (TPSA) is 473 Å². The van der Waals surface area contributed by atoms with Gasteiger partial charge in [-0.15, -0.1) is 0 Å². The predicted molar refractivity (Wildman–Crippen MR) is 273 cm³/mol. The molecule has 16 N–H and O–H groups in total. The van der Waals surface area contributed by atoms with Crippen LogP contribution in [-0.4, -0.2) is 234 Å². The molecular formula is C49H79N11O19. The summed E-state index contributed by atoms with van der Waals surface area (Å²) in [6, 6.07) is -15.0. The number of carboxylic acids is 2. The number of aliphatic carboxylic acids is 2. The maximum Gasteiger partial charge on any atom is 0.335 e. The molecule has 79 heavy (non-hydrogen) atoms. The molecule has 4 aliphatic heterocycles. The summed E-state index contributed by atoms with van der Waals surface area (Å²) in [6.45, 7) is -0.807. The van der Waals surface area contributed by atoms with Crippen LogP contribution < -0.4 is 38.1 Å². The number of aliphatic hydroxyl groups is 5. The van der Waals surface area contributed by atoms with Gasteiger partial charge in [0, 0.05) is 26.2 Å². The second-order valence-corrected chi connectivity index (χ2v) is 20.2. The van der Waals surface area contributed by atoms with E-state index in [2.05, 4.69) is 22.5 Å². The van der Waals surface area contributed by atoms with Gasteiger partial charge in [-0.2, -0.15) is 0 Å². The molecule has 0 radical (unpaired) electrons. The van der Waals surface area contributed by atoms with Gasteiger partial charge in [-0.05, 0) is 57.8 Å². The molecule has 0 bridgehead atoms. The lowest BCUT2D eigenvalue weighted by atomic mass is 10.0. The van der Waals surface area contributed by atoms with Crippen LogP contribution in [0.2, 0.25) is 0 Å². The third-order valence-corrected chi connectivity index (χ3v) is 14.4. The average Bonchev–Trinajstić information content (AvgIpc) is 4.24. The van der Waals surface area contributed by atoms with E-state index in [1.165, 1.54) is 4.90 Å². The molecule has 30 heteroatoms. The molecule has 0 aliphatic carbocycles. The van der Waals surface area contributed by atoms with Crippen LogP contribution in [0.1, 0.15) is 122 Å². The van der Waals surface area contributed by atoms with Crippen LogP contribution in [0.15, 0.2) is 4.99 Å². The van der Waals surface area contributed by atoms with Gasteiger partial charge in [0.15, 0.2) is 24.2 Å². The molecule has 12 atom stereocenters. The first kappa shape index (κ1) is 64.8. The summed E-state index contributed by atoms with van der Waals surface area (Å²) in [5, 5.41) is 84.1. The van der Waals surface area contributed by atoms with E-state index in [4.69, 9.17) is 16.2 Å². The Morgan fingerprint density at radius 3 is 1.68 bits per heavy atom. The van der Waals surface area contributed by atoms with E-state index < -0.39 is 164 Å². The fourth-order valence-electron chi connectivity index (χ4n) is 10.1. The van der Waals surface area contributed by atoms with Crippen LogP contribution in [0.5, 0.6) is 0 Å². The van der Waals surface area contributed by atoms with Crippen molar-refractivity contribution in [2.24, 2.45) is 16.5 Å². The fraction of sp³-hybridized carbons (Fsp3) is 0.755. The number of hydrogen-bond donors (Lipinski definition) is 14. The molecule has 4 rings (SSSR count). The number of ether oxygens (including phenoxy) is 1. The van der Waals surface area contributed by atoms with Gasteiger partial charge in [0.05, 0.1) is 25.7 Å². The van der Waals surface area contributed by atoms with Gasteiger partial charge in [0.25, 0.3) is 0 Å². The van der Waals surface area contributed by atoms with E-state index in [1.54, 1.807) is 0 Å². The molecular weight excluding hydrogens is 1050 g/mol. The first-order valence-corrected chi connectivity index (χ1v) is 27.0. The number of hydrogen-bond acceptors (Lipinski definition) is 18. The Morgan fingerprint density at radius 2 is 1.11 bits per heavy atom. The van der Waals surface area contributed by atoms with E-state index in [-0.39, 0.29) is 70.5 Å². The van der Waals surface area contributed by atoms with Crippen molar-refractivity contribution in [1.82, 2.24) is 41.3 Å². The zero-order chi connectivity index (χ0) is 58.5. The number of nitrogens with one attached hydrogen (secondary N) is 5. The van der Waals surface area contributed by atoms with Crippen LogP contribution in [0.3, 0.4) is 0 Å². The molecule has 30 nitrogen and oxygen atoms in total. The molecule has 3 unspecified atom stereocenters. The molecule has 4 heterocycles. The minimum atomic E-state index is -2.77. The number of amides is 8. The summed E-state index contributed by atoms with van der Waals surface area (Å²) in [7, 11) is 0. The summed E-state index contributed by atoms with van der Waals surface area (Å²) in [5.74, 6) is -15.1. The van der Waals surface area contributed by atoms with Crippen molar-refractivity contribution in [1.29, 1.82) is 0 Å². The Balaban J connectivity index is 1.76. The standard InChI is InChI=1S/C49H79N11O19/c1-2-3-4-5-6-7-8-9-10-14-26-23-33(64)58-20-12-16-30(58)40(68)54-28(24-61)44(72)59-21-13-17-31(59)41(69)53-27(15-11-19-52-49(50)51)39(67)56-34(37(65)46(74)75)42(70)55-29(25-62)45(73)60-22-18-32(63)36(60)43(71)57-35(48(78)79-26)38(66)47(76)77/h26-32,34-38,61-63,65-66H,2-25H2,1H3,(H,53,69)(H,54,68)(H,55,70)(H,56,67)(H,57,71)(H,74,75)(H,76,77)(H4,50,51,52)/t26?,27-,28-,29-,30-,31-,32-,34-,35-,36-,37?,38?/m0/s1. The Hall–Kier alpha value is -6.76. The van der Waals surface area contributed by atoms with Crippen LogP contribution in [0.4, 0.5) is 0 Å². The van der Waals surface area contributed by atoms with E-state index in [0.717, 1.165) is 49.8 Å². The van der Waals surface area contributed by atoms with Crippen molar-refractivity contribution < 1.29 is 93.2 Å². The highest BCUT2D eigenvalue weighted by Crippen LogP contribution is 2.25. The maximum atomic E-state index is 14.2. The number of nitrogens with two attached hydrogens (primary N) is 2. The monoisotopic (exact) mass is 1130 g/mol. The van der Waals surface area contributed by atoms with Gasteiger partial charge >= 0.3 is 17.9 Å². The number of nitrogens with zero attached hydrogens (tertiary/aromatic N) is 4. The van der Waals surface area contributed by atoms with Gasteiger partial charge in [0.2, 0.25) is 47.3 Å². The molecule has 0 saturated carbocycles. The van der Waals surface area contributed by atoms with Gasteiger partial charge in [0.1, 0.15) is 48.4 Å². The number of aliphatic imine (C=N–C) groups is 1. The number of aliphatic hydroxyl groups excluding tert-OH is 5. The van der Waals surface area contributed by atoms with Gasteiger partial charge in [-0.1, -0.05) is 58.3 Å². The number of unbranched alkanes of at least 4 members (excludes halogenated alkanes) is 8. The van der Waals surface area contributed by atoms with Crippen LogP contribution in [0, 0.1) is 0 Å². The number of rotatable bonds is 20. The Morgan fingerprint density at radius 1 is 0.608 bits per heavy atom. The lowest BCUT2D eigenvalue weighted by molar-refractivity contribution is -0.166. The Labute approximate surface area is 455 Å². The molecule has 0 aromatic rings. The summed E-state index contributed by atoms with van der Waals surface area (Å²) < 4.78 is 5.71. The number of fused-ring (bicyclic) bond motifs is 3. The van der Waals surface area contributed by atoms with Crippen LogP contribution >= 0.6 is 0 Å². The van der Waals surface area contributed by atoms with Gasteiger partial charge < -0.3 is 93.2 Å². The van der Waals surface area contributed by atoms with E-state index in [1.807, 2.05) is 16.0 Å². The molecule has 4 aliphatic rings.